The second kappa shape index (κ2) is 10.8. The quantitative estimate of drug-likeness (QED) is 0.197. The van der Waals surface area contributed by atoms with E-state index in [4.69, 9.17) is 9.47 Å². The lowest BCUT2D eigenvalue weighted by Crippen LogP contribution is -2.65. The molecular weight excluding hydrogens is 514 g/mol. The predicted molar refractivity (Wildman–Crippen MR) is 147 cm³/mol. The van der Waals surface area contributed by atoms with Crippen LogP contribution in [0.25, 0.3) is 0 Å². The molecule has 2 fully saturated rings. The monoisotopic (exact) mass is 559 g/mol. The molecule has 5 aliphatic rings. The molecule has 3 heterocycles. The third-order valence-electron chi connectivity index (χ3n) is 10.5. The molecule has 11 atom stereocenters. The Hall–Kier alpha value is -1.72. The number of phenols is 1. The molecule has 2 saturated heterocycles. The Balaban J connectivity index is 1.31. The smallest absolute Gasteiger partial charge is 0.165 e. The Morgan fingerprint density at radius 3 is 2.55 bits per heavy atom. The molecule has 40 heavy (non-hydrogen) atoms. The van der Waals surface area contributed by atoms with Crippen molar-refractivity contribution in [3.8, 4) is 11.5 Å². The van der Waals surface area contributed by atoms with Crippen molar-refractivity contribution < 1.29 is 40.1 Å². The Labute approximate surface area is 236 Å². The molecule has 0 saturated carbocycles. The number of ether oxygens (including phenoxy) is 2. The highest BCUT2D eigenvalue weighted by molar-refractivity contribution is 5.64. The third kappa shape index (κ3) is 4.23. The Bertz CT molecular complexity index is 1130. The van der Waals surface area contributed by atoms with Gasteiger partial charge in [-0.1, -0.05) is 57.6 Å². The summed E-state index contributed by atoms with van der Waals surface area (Å²) in [5.74, 6) is 0.345. The van der Waals surface area contributed by atoms with Crippen LogP contribution >= 0.6 is 0 Å². The number of hydrogen-bond donors (Lipinski definition) is 6. The standard InChI is InChI=1S/C31H45NO8/c1-3-4-5-6-7-8-9-22-25(36)26(37)27(38)29(39-22)24(35)17-15-21(34)28-23-16(17)14-19-18-10-11-20(33)30(40-28)31(18,23)12-13-32(19)2/h10-11,15,18-20,22,24-27,29-30,33-38H,3-9,12-14H2,1-2H3/t18-,19+,20-,22?,24?,25-,26+,27+,29+,30-,31-/m0/s1. The molecule has 3 aliphatic heterocycles. The molecule has 6 rings (SSSR count). The molecule has 1 spiro atoms. The number of hydrogen-bond acceptors (Lipinski definition) is 9. The van der Waals surface area contributed by atoms with Gasteiger partial charge in [-0.25, -0.2) is 0 Å². The van der Waals surface area contributed by atoms with Gasteiger partial charge >= 0.3 is 0 Å². The van der Waals surface area contributed by atoms with Crippen LogP contribution in [0.5, 0.6) is 11.5 Å². The second-order valence-corrected chi connectivity index (χ2v) is 12.8. The maximum atomic E-state index is 11.8. The first-order chi connectivity index (χ1) is 19.2. The number of likely N-dealkylation sites (N-methyl/N-ethyl adjacent to an activating group) is 1. The lowest BCUT2D eigenvalue weighted by molar-refractivity contribution is -0.245. The van der Waals surface area contributed by atoms with Gasteiger partial charge in [-0.05, 0) is 50.0 Å². The topological polar surface area (TPSA) is 143 Å². The van der Waals surface area contributed by atoms with Crippen molar-refractivity contribution in [3.05, 3.63) is 34.9 Å². The van der Waals surface area contributed by atoms with Gasteiger partial charge in [0.25, 0.3) is 0 Å². The van der Waals surface area contributed by atoms with Crippen LogP contribution in [-0.2, 0) is 16.6 Å². The normalized spacial score (nSPS) is 40.5. The summed E-state index contributed by atoms with van der Waals surface area (Å²) in [5, 5.41) is 66.2. The minimum atomic E-state index is -1.51. The lowest BCUT2D eigenvalue weighted by atomic mass is 9.53. The zero-order chi connectivity index (χ0) is 28.3. The second-order valence-electron chi connectivity index (χ2n) is 12.8. The molecule has 9 heteroatoms. The number of aromatic hydroxyl groups is 1. The Kier molecular flexibility index (Phi) is 7.70. The summed E-state index contributed by atoms with van der Waals surface area (Å²) < 4.78 is 12.4. The Morgan fingerprint density at radius 1 is 1.02 bits per heavy atom. The molecule has 0 amide bonds. The molecule has 222 valence electrons. The summed E-state index contributed by atoms with van der Waals surface area (Å²) in [4.78, 5) is 2.31. The number of aliphatic hydroxyl groups is 5. The zero-order valence-corrected chi connectivity index (χ0v) is 23.5. The van der Waals surface area contributed by atoms with Crippen LogP contribution in [0.1, 0.15) is 81.1 Å². The molecule has 1 aromatic carbocycles. The van der Waals surface area contributed by atoms with Crippen LogP contribution in [0, 0.1) is 5.92 Å². The van der Waals surface area contributed by atoms with Crippen LogP contribution in [0.3, 0.4) is 0 Å². The van der Waals surface area contributed by atoms with Crippen molar-refractivity contribution >= 4 is 0 Å². The number of phenolic OH excluding ortho intramolecular Hbond substituents is 1. The minimum Gasteiger partial charge on any atom is -0.504 e. The van der Waals surface area contributed by atoms with E-state index in [1.54, 1.807) is 6.08 Å². The van der Waals surface area contributed by atoms with Gasteiger partial charge < -0.3 is 45.0 Å². The zero-order valence-electron chi connectivity index (χ0n) is 23.5. The first-order valence-corrected chi connectivity index (χ1v) is 15.2. The van der Waals surface area contributed by atoms with Crippen molar-refractivity contribution in [2.75, 3.05) is 13.6 Å². The Morgan fingerprint density at radius 2 is 1.77 bits per heavy atom. The van der Waals surface area contributed by atoms with E-state index in [9.17, 15) is 30.6 Å². The van der Waals surface area contributed by atoms with E-state index < -0.39 is 54.2 Å². The number of nitrogens with zero attached hydrogens (tertiary/aromatic N) is 1. The maximum absolute atomic E-state index is 11.8. The van der Waals surface area contributed by atoms with E-state index in [0.29, 0.717) is 24.2 Å². The average molecular weight is 560 g/mol. The number of piperidine rings is 1. The molecule has 0 aromatic heterocycles. The van der Waals surface area contributed by atoms with E-state index in [-0.39, 0.29) is 17.7 Å². The van der Waals surface area contributed by atoms with E-state index in [1.807, 2.05) is 0 Å². The summed E-state index contributed by atoms with van der Waals surface area (Å²) in [7, 11) is 2.09. The van der Waals surface area contributed by atoms with Crippen molar-refractivity contribution in [2.45, 2.75) is 125 Å². The molecule has 6 N–H and O–H groups in total. The fraction of sp³-hybridized carbons (Fsp3) is 0.742. The number of rotatable bonds is 9. The third-order valence-corrected chi connectivity index (χ3v) is 10.5. The first-order valence-electron chi connectivity index (χ1n) is 15.2. The highest BCUT2D eigenvalue weighted by atomic mass is 16.5. The summed E-state index contributed by atoms with van der Waals surface area (Å²) in [6, 6.07) is 1.60. The lowest BCUT2D eigenvalue weighted by Gasteiger charge is -2.56. The largest absolute Gasteiger partial charge is 0.504 e. The van der Waals surface area contributed by atoms with Gasteiger partial charge in [-0.3, -0.25) is 0 Å². The van der Waals surface area contributed by atoms with Crippen LogP contribution in [0.4, 0.5) is 0 Å². The first kappa shape index (κ1) is 28.4. The SMILES string of the molecule is CCCCCCCCC1O[C@H](C(O)c2cc(O)c3c4c2C[C@@H]2[C@@H]5C=C[C@H](O)[C@H](O3)[C@]45CCN2C)[C@H](O)[C@H](O)[C@H]1O. The van der Waals surface area contributed by atoms with Crippen LogP contribution in [0.15, 0.2) is 18.2 Å². The molecule has 2 unspecified atom stereocenters. The van der Waals surface area contributed by atoms with Gasteiger partial charge in [0.1, 0.15) is 42.7 Å². The van der Waals surface area contributed by atoms with Gasteiger partial charge in [-0.15, -0.1) is 0 Å². The fourth-order valence-corrected chi connectivity index (χ4v) is 8.40. The van der Waals surface area contributed by atoms with E-state index in [2.05, 4.69) is 24.9 Å². The van der Waals surface area contributed by atoms with Gasteiger partial charge in [0.2, 0.25) is 0 Å². The molecule has 0 radical (unpaired) electrons. The van der Waals surface area contributed by atoms with Gasteiger partial charge in [0.15, 0.2) is 11.5 Å². The fourth-order valence-electron chi connectivity index (χ4n) is 8.40. The number of benzene rings is 1. The van der Waals surface area contributed by atoms with Crippen molar-refractivity contribution in [1.82, 2.24) is 4.90 Å². The predicted octanol–water partition coefficient (Wildman–Crippen LogP) is 1.83. The van der Waals surface area contributed by atoms with Crippen LogP contribution in [-0.4, -0.2) is 97.9 Å². The average Bonchev–Trinajstić information content (AvgIpc) is 3.30. The summed E-state index contributed by atoms with van der Waals surface area (Å²) in [6.45, 7) is 2.99. The number of aliphatic hydroxyl groups excluding tert-OH is 5. The maximum Gasteiger partial charge on any atom is 0.165 e. The van der Waals surface area contributed by atoms with E-state index in [1.165, 1.54) is 12.5 Å². The number of likely N-dealkylation sites (tertiary alicyclic amines) is 1. The summed E-state index contributed by atoms with van der Waals surface area (Å²) >= 11 is 0. The van der Waals surface area contributed by atoms with Gasteiger partial charge in [0.05, 0.1) is 6.10 Å². The van der Waals surface area contributed by atoms with E-state index in [0.717, 1.165) is 56.2 Å². The molecular formula is C31H45NO8. The van der Waals surface area contributed by atoms with Gasteiger partial charge in [0, 0.05) is 22.9 Å². The summed E-state index contributed by atoms with van der Waals surface area (Å²) in [5.41, 5.74) is 1.61. The summed E-state index contributed by atoms with van der Waals surface area (Å²) in [6.07, 6.45) is 3.34. The highest BCUT2D eigenvalue weighted by Crippen LogP contribution is 2.63. The molecule has 2 aliphatic carbocycles. The van der Waals surface area contributed by atoms with E-state index >= 15 is 0 Å². The number of unbranched alkanes of at least 4 members (excludes halogenated alkanes) is 5. The van der Waals surface area contributed by atoms with Gasteiger partial charge in [-0.2, -0.15) is 0 Å². The highest BCUT2D eigenvalue weighted by Gasteiger charge is 2.65. The molecule has 9 nitrogen and oxygen atoms in total. The van der Waals surface area contributed by atoms with Crippen molar-refractivity contribution in [2.24, 2.45) is 5.92 Å². The van der Waals surface area contributed by atoms with Crippen LogP contribution < -0.4 is 4.74 Å². The van der Waals surface area contributed by atoms with Crippen molar-refractivity contribution in [1.29, 1.82) is 0 Å². The molecule has 2 bridgehead atoms. The minimum absolute atomic E-state index is 0.0930. The molecule has 1 aromatic rings. The van der Waals surface area contributed by atoms with Crippen LogP contribution in [0.2, 0.25) is 0 Å². The van der Waals surface area contributed by atoms with Crippen molar-refractivity contribution in [3.63, 3.8) is 0 Å².